The molecular formula is C50H32N4OS2. The quantitative estimate of drug-likeness (QED) is 0.144. The van der Waals surface area contributed by atoms with Crippen LogP contribution in [0.5, 0.6) is 0 Å². The largest absolute Gasteiger partial charge is 0.414 e. The fraction of sp³-hybridized carbons (Fsp3) is 0. The van der Waals surface area contributed by atoms with Gasteiger partial charge in [-0.2, -0.15) is 0 Å². The molecule has 9 rings (SSSR count). The summed E-state index contributed by atoms with van der Waals surface area (Å²) in [6, 6.07) is 66.0. The minimum absolute atomic E-state index is 0.468. The minimum atomic E-state index is 0.468. The second-order valence-electron chi connectivity index (χ2n) is 12.8. The lowest BCUT2D eigenvalue weighted by atomic mass is 10.1. The number of rotatable bonds is 8. The molecule has 0 amide bonds. The van der Waals surface area contributed by atoms with Crippen LogP contribution < -0.4 is 9.80 Å². The van der Waals surface area contributed by atoms with Gasteiger partial charge in [0.05, 0.1) is 19.5 Å². The fourth-order valence-electron chi connectivity index (χ4n) is 6.32. The Labute approximate surface area is 339 Å². The van der Waals surface area contributed by atoms with Crippen molar-refractivity contribution in [2.75, 3.05) is 9.80 Å². The lowest BCUT2D eigenvalue weighted by Gasteiger charge is -2.25. The lowest BCUT2D eigenvalue weighted by molar-refractivity contribution is 0.587. The highest BCUT2D eigenvalue weighted by Crippen LogP contribution is 2.36. The van der Waals surface area contributed by atoms with Crippen molar-refractivity contribution in [2.45, 2.75) is 0 Å². The third-order valence-electron chi connectivity index (χ3n) is 9.03. The Morgan fingerprint density at radius 3 is 0.982 bits per heavy atom. The second-order valence-corrected chi connectivity index (χ2v) is 15.0. The van der Waals surface area contributed by atoms with Crippen LogP contribution in [0.1, 0.15) is 20.9 Å². The average molecular weight is 769 g/mol. The van der Waals surface area contributed by atoms with Crippen LogP contribution in [0.3, 0.4) is 0 Å². The van der Waals surface area contributed by atoms with Crippen molar-refractivity contribution in [1.29, 1.82) is 0 Å². The van der Waals surface area contributed by atoms with Crippen LogP contribution in [-0.2, 0) is 0 Å². The topological polar surface area (TPSA) is 45.4 Å². The molecule has 9 aromatic rings. The number of aromatic nitrogens is 2. The van der Waals surface area contributed by atoms with E-state index < -0.39 is 0 Å². The highest BCUT2D eigenvalue weighted by Gasteiger charge is 2.15. The molecule has 5 nitrogen and oxygen atoms in total. The molecule has 0 fully saturated rings. The average Bonchev–Trinajstić information content (AvgIpc) is 4.07. The SMILES string of the molecule is C(#Cc1ccc(-c2nnc(-c3ccc(C#Cc4ccc(N(c5ccccc5)c5ccccc5)cc4)s3)o2)s1)c1ccc(N(c2ccccc2)c2ccccc2)cc1. The Kier molecular flexibility index (Phi) is 10.2. The number of thiophene rings is 2. The maximum atomic E-state index is 6.12. The van der Waals surface area contributed by atoms with Gasteiger partial charge in [0.15, 0.2) is 0 Å². The molecular weight excluding hydrogens is 737 g/mol. The van der Waals surface area contributed by atoms with Crippen LogP contribution in [0.2, 0.25) is 0 Å². The Bertz CT molecular complexity index is 2570. The molecule has 57 heavy (non-hydrogen) atoms. The van der Waals surface area contributed by atoms with Gasteiger partial charge in [0, 0.05) is 45.3 Å². The molecule has 0 spiro atoms. The molecule has 3 aromatic heterocycles. The van der Waals surface area contributed by atoms with Gasteiger partial charge >= 0.3 is 0 Å². The van der Waals surface area contributed by atoms with Crippen LogP contribution in [0.4, 0.5) is 34.1 Å². The molecule has 0 bridgehead atoms. The summed E-state index contributed by atoms with van der Waals surface area (Å²) in [5.74, 6) is 14.2. The van der Waals surface area contributed by atoms with E-state index in [0.29, 0.717) is 11.8 Å². The molecule has 0 aliphatic rings. The van der Waals surface area contributed by atoms with Crippen LogP contribution in [-0.4, -0.2) is 10.2 Å². The normalized spacial score (nSPS) is 10.5. The molecule has 0 saturated carbocycles. The van der Waals surface area contributed by atoms with E-state index >= 15 is 0 Å². The number of para-hydroxylation sites is 4. The summed E-state index contributed by atoms with van der Waals surface area (Å²) in [6.07, 6.45) is 0. The monoisotopic (exact) mass is 768 g/mol. The molecule has 3 heterocycles. The molecule has 0 aliphatic carbocycles. The minimum Gasteiger partial charge on any atom is -0.414 e. The van der Waals surface area contributed by atoms with Gasteiger partial charge in [0.1, 0.15) is 0 Å². The van der Waals surface area contributed by atoms with Crippen molar-refractivity contribution < 1.29 is 4.42 Å². The van der Waals surface area contributed by atoms with Crippen molar-refractivity contribution in [3.63, 3.8) is 0 Å². The summed E-state index contributed by atoms with van der Waals surface area (Å²) in [6.45, 7) is 0. The van der Waals surface area contributed by atoms with E-state index in [1.807, 2.05) is 48.5 Å². The first-order chi connectivity index (χ1) is 28.2. The van der Waals surface area contributed by atoms with E-state index in [2.05, 4.69) is 189 Å². The molecule has 0 radical (unpaired) electrons. The zero-order valence-corrected chi connectivity index (χ0v) is 32.1. The highest BCUT2D eigenvalue weighted by atomic mass is 32.1. The smallest absolute Gasteiger partial charge is 0.258 e. The molecule has 7 heteroatoms. The van der Waals surface area contributed by atoms with Gasteiger partial charge in [-0.15, -0.1) is 32.9 Å². The van der Waals surface area contributed by atoms with E-state index in [9.17, 15) is 0 Å². The number of anilines is 6. The van der Waals surface area contributed by atoms with Gasteiger partial charge in [-0.25, -0.2) is 0 Å². The first-order valence-electron chi connectivity index (χ1n) is 18.3. The van der Waals surface area contributed by atoms with Crippen molar-refractivity contribution in [1.82, 2.24) is 10.2 Å². The molecule has 0 aliphatic heterocycles. The Morgan fingerprint density at radius 2 is 0.649 bits per heavy atom. The third kappa shape index (κ3) is 8.17. The van der Waals surface area contributed by atoms with Crippen molar-refractivity contribution in [3.05, 3.63) is 215 Å². The van der Waals surface area contributed by atoms with Gasteiger partial charge in [0.25, 0.3) is 11.8 Å². The number of hydrogen-bond acceptors (Lipinski definition) is 7. The summed E-state index contributed by atoms with van der Waals surface area (Å²) in [5, 5.41) is 8.69. The number of benzene rings is 6. The summed E-state index contributed by atoms with van der Waals surface area (Å²) >= 11 is 3.05. The van der Waals surface area contributed by atoms with E-state index in [4.69, 9.17) is 4.42 Å². The molecule has 0 N–H and O–H groups in total. The summed E-state index contributed by atoms with van der Waals surface area (Å²) in [5.41, 5.74) is 8.38. The van der Waals surface area contributed by atoms with E-state index in [1.54, 1.807) is 0 Å². The molecule has 0 saturated heterocycles. The van der Waals surface area contributed by atoms with Crippen LogP contribution >= 0.6 is 22.7 Å². The van der Waals surface area contributed by atoms with Crippen LogP contribution in [0, 0.1) is 23.7 Å². The molecule has 0 unspecified atom stereocenters. The van der Waals surface area contributed by atoms with Gasteiger partial charge in [-0.3, -0.25) is 0 Å². The first-order valence-corrected chi connectivity index (χ1v) is 20.0. The van der Waals surface area contributed by atoms with E-state index in [-0.39, 0.29) is 0 Å². The summed E-state index contributed by atoms with van der Waals surface area (Å²) in [7, 11) is 0. The maximum absolute atomic E-state index is 6.12. The molecule has 270 valence electrons. The molecule has 6 aromatic carbocycles. The Hall–Kier alpha value is -7.42. The highest BCUT2D eigenvalue weighted by molar-refractivity contribution is 7.16. The van der Waals surface area contributed by atoms with Gasteiger partial charge in [-0.1, -0.05) is 96.5 Å². The van der Waals surface area contributed by atoms with Crippen molar-refractivity contribution in [2.24, 2.45) is 0 Å². The predicted octanol–water partition coefficient (Wildman–Crippen LogP) is 13.3. The molecule has 0 atom stereocenters. The number of nitrogens with zero attached hydrogens (tertiary/aromatic N) is 4. The number of hydrogen-bond donors (Lipinski definition) is 0. The van der Waals surface area contributed by atoms with Crippen molar-refractivity contribution in [3.8, 4) is 45.2 Å². The van der Waals surface area contributed by atoms with Crippen LogP contribution in [0.15, 0.2) is 199 Å². The lowest BCUT2D eigenvalue weighted by Crippen LogP contribution is -2.09. The summed E-state index contributed by atoms with van der Waals surface area (Å²) in [4.78, 5) is 8.04. The fourth-order valence-corrected chi connectivity index (χ4v) is 7.88. The Balaban J connectivity index is 0.861. The third-order valence-corrected chi connectivity index (χ3v) is 11.0. The zero-order chi connectivity index (χ0) is 38.2. The van der Waals surface area contributed by atoms with Gasteiger partial charge in [0.2, 0.25) is 0 Å². The maximum Gasteiger partial charge on any atom is 0.258 e. The standard InChI is InChI=1S/C50H32N4OS2/c1-5-13-39(14-6-1)53(40-15-7-2-8-16-40)43-27-21-37(22-28-43)25-31-45-33-35-47(56-45)49-51-52-50(55-49)48-36-34-46(57-48)32-26-38-23-29-44(30-24-38)54(41-17-9-3-10-18-41)42-19-11-4-12-20-42/h1-24,27-30,33-36H. The van der Waals surface area contributed by atoms with Gasteiger partial charge in [-0.05, 0) is 121 Å². The van der Waals surface area contributed by atoms with E-state index in [0.717, 1.165) is 64.8 Å². The van der Waals surface area contributed by atoms with Crippen LogP contribution in [0.25, 0.3) is 21.5 Å². The second kappa shape index (κ2) is 16.5. The first kappa shape index (κ1) is 35.3. The zero-order valence-electron chi connectivity index (χ0n) is 30.5. The van der Waals surface area contributed by atoms with Crippen molar-refractivity contribution >= 4 is 56.8 Å². The van der Waals surface area contributed by atoms with Gasteiger partial charge < -0.3 is 14.2 Å². The van der Waals surface area contributed by atoms with E-state index in [1.165, 1.54) is 22.7 Å². The summed E-state index contributed by atoms with van der Waals surface area (Å²) < 4.78 is 6.12. The predicted molar refractivity (Wildman–Crippen MR) is 235 cm³/mol. The Morgan fingerprint density at radius 1 is 0.333 bits per heavy atom.